The van der Waals surface area contributed by atoms with Gasteiger partial charge in [-0.15, -0.1) is 11.8 Å². The third kappa shape index (κ3) is 1.57. The largest absolute Gasteiger partial charge is 0.369 e. The van der Waals surface area contributed by atoms with Gasteiger partial charge in [0.2, 0.25) is 0 Å². The molecule has 0 radical (unpaired) electrons. The molecule has 1 heterocycles. The molecule has 1 fully saturated rings. The lowest BCUT2D eigenvalue weighted by atomic mass is 10.2. The molecule has 1 nitrogen and oxygen atoms in total. The summed E-state index contributed by atoms with van der Waals surface area (Å²) in [6.07, 6.45) is 0. The van der Waals surface area contributed by atoms with E-state index in [2.05, 4.69) is 24.3 Å². The molecule has 0 aliphatic carbocycles. The van der Waals surface area contributed by atoms with Crippen LogP contribution in [0.15, 0.2) is 30.3 Å². The quantitative estimate of drug-likeness (QED) is 0.633. The molecular weight excluding hydrogens is 156 g/mol. The van der Waals surface area contributed by atoms with Crippen molar-refractivity contribution in [2.75, 3.05) is 12.5 Å². The Morgan fingerprint density at radius 2 is 2.09 bits per heavy atom. The van der Waals surface area contributed by atoms with Crippen LogP contribution in [0, 0.1) is 0 Å². The molecule has 0 amide bonds. The molecule has 1 aromatic rings. The van der Waals surface area contributed by atoms with E-state index >= 15 is 0 Å². The number of ether oxygens (including phenoxy) is 1. The van der Waals surface area contributed by atoms with Crippen molar-refractivity contribution >= 4 is 11.8 Å². The number of hydrogen-bond acceptors (Lipinski definition) is 2. The summed E-state index contributed by atoms with van der Waals surface area (Å²) in [5.74, 6) is 0.847. The van der Waals surface area contributed by atoms with Gasteiger partial charge in [-0.1, -0.05) is 30.3 Å². The zero-order valence-electron chi connectivity index (χ0n) is 6.19. The van der Waals surface area contributed by atoms with E-state index in [1.54, 1.807) is 0 Å². The molecule has 0 bridgehead atoms. The van der Waals surface area contributed by atoms with Crippen molar-refractivity contribution in [3.63, 3.8) is 0 Å². The number of thioether (sulfide) groups is 1. The first-order valence-electron chi connectivity index (χ1n) is 3.71. The molecule has 1 aliphatic heterocycles. The van der Waals surface area contributed by atoms with E-state index in [4.69, 9.17) is 4.74 Å². The van der Waals surface area contributed by atoms with Crippen molar-refractivity contribution in [3.05, 3.63) is 35.9 Å². The molecular formula is C9H10OS. The summed E-state index contributed by atoms with van der Waals surface area (Å²) in [4.78, 5) is 0. The minimum Gasteiger partial charge on any atom is -0.369 e. The first-order valence-corrected chi connectivity index (χ1v) is 4.76. The van der Waals surface area contributed by atoms with Gasteiger partial charge in [0, 0.05) is 0 Å². The summed E-state index contributed by atoms with van der Waals surface area (Å²) in [7, 11) is 0. The summed E-state index contributed by atoms with van der Waals surface area (Å²) < 4.78 is 5.27. The molecule has 2 heteroatoms. The Kier molecular flexibility index (Phi) is 2.15. The molecule has 1 aliphatic rings. The molecule has 11 heavy (non-hydrogen) atoms. The molecule has 58 valence electrons. The second kappa shape index (κ2) is 3.28. The van der Waals surface area contributed by atoms with Gasteiger partial charge in [0.05, 0.1) is 17.8 Å². The van der Waals surface area contributed by atoms with E-state index in [-0.39, 0.29) is 0 Å². The van der Waals surface area contributed by atoms with E-state index in [1.807, 2.05) is 17.8 Å². The van der Waals surface area contributed by atoms with Gasteiger partial charge in [-0.25, -0.2) is 0 Å². The zero-order valence-corrected chi connectivity index (χ0v) is 7.01. The Morgan fingerprint density at radius 3 is 2.73 bits per heavy atom. The lowest BCUT2D eigenvalue weighted by Gasteiger charge is -2.04. The predicted octanol–water partition coefficient (Wildman–Crippen LogP) is 2.45. The fourth-order valence-electron chi connectivity index (χ4n) is 1.19. The molecule has 0 aromatic heterocycles. The Bertz CT molecular complexity index is 216. The average Bonchev–Trinajstić information content (AvgIpc) is 2.58. The number of benzene rings is 1. The van der Waals surface area contributed by atoms with Gasteiger partial charge in [-0.3, -0.25) is 0 Å². The van der Waals surface area contributed by atoms with Crippen LogP contribution in [0.3, 0.4) is 0 Å². The van der Waals surface area contributed by atoms with Crippen LogP contribution in [-0.4, -0.2) is 12.5 Å². The lowest BCUT2D eigenvalue weighted by molar-refractivity contribution is 0.203. The first-order chi connectivity index (χ1) is 5.47. The third-order valence-corrected chi connectivity index (χ3v) is 2.91. The van der Waals surface area contributed by atoms with Crippen LogP contribution in [-0.2, 0) is 4.74 Å². The molecule has 1 atom stereocenters. The summed E-state index contributed by atoms with van der Waals surface area (Å²) in [6.45, 7) is 0.870. The summed E-state index contributed by atoms with van der Waals surface area (Å²) in [5, 5.41) is 0.566. The number of hydrogen-bond donors (Lipinski definition) is 0. The SMILES string of the molecule is c1ccc(C2COCS2)cc1. The van der Waals surface area contributed by atoms with Gasteiger partial charge in [0.1, 0.15) is 0 Å². The Morgan fingerprint density at radius 1 is 1.27 bits per heavy atom. The van der Waals surface area contributed by atoms with Crippen molar-refractivity contribution in [3.8, 4) is 0 Å². The van der Waals surface area contributed by atoms with Crippen LogP contribution in [0.2, 0.25) is 0 Å². The molecule has 0 saturated carbocycles. The average molecular weight is 166 g/mol. The molecule has 1 unspecified atom stereocenters. The predicted molar refractivity (Wildman–Crippen MR) is 47.6 cm³/mol. The van der Waals surface area contributed by atoms with E-state index in [9.17, 15) is 0 Å². The normalized spacial score (nSPS) is 23.8. The Balaban J connectivity index is 2.16. The highest BCUT2D eigenvalue weighted by Gasteiger charge is 2.17. The fraction of sp³-hybridized carbons (Fsp3) is 0.333. The van der Waals surface area contributed by atoms with Gasteiger partial charge >= 0.3 is 0 Å². The minimum atomic E-state index is 0.566. The smallest absolute Gasteiger partial charge is 0.0928 e. The summed E-state index contributed by atoms with van der Waals surface area (Å²) in [5.41, 5.74) is 1.38. The molecule has 2 rings (SSSR count). The van der Waals surface area contributed by atoms with Gasteiger partial charge in [0.15, 0.2) is 0 Å². The van der Waals surface area contributed by atoms with Crippen molar-refractivity contribution in [1.29, 1.82) is 0 Å². The van der Waals surface area contributed by atoms with Gasteiger partial charge < -0.3 is 4.74 Å². The number of rotatable bonds is 1. The van der Waals surface area contributed by atoms with E-state index < -0.39 is 0 Å². The van der Waals surface area contributed by atoms with Crippen LogP contribution < -0.4 is 0 Å². The second-order valence-corrected chi connectivity index (χ2v) is 3.69. The lowest BCUT2D eigenvalue weighted by Crippen LogP contribution is -1.93. The maximum atomic E-state index is 5.27. The fourth-order valence-corrected chi connectivity index (χ4v) is 2.09. The van der Waals surface area contributed by atoms with Crippen molar-refractivity contribution in [2.45, 2.75) is 5.25 Å². The standard InChI is InChI=1S/C9H10OS/c1-2-4-8(5-3-1)9-6-10-7-11-9/h1-5,9H,6-7H2. The van der Waals surface area contributed by atoms with Crippen molar-refractivity contribution < 1.29 is 4.74 Å². The van der Waals surface area contributed by atoms with Crippen LogP contribution in [0.25, 0.3) is 0 Å². The van der Waals surface area contributed by atoms with Gasteiger partial charge in [-0.2, -0.15) is 0 Å². The third-order valence-electron chi connectivity index (χ3n) is 1.79. The van der Waals surface area contributed by atoms with Gasteiger partial charge in [0.25, 0.3) is 0 Å². The Labute approximate surface area is 70.8 Å². The summed E-state index contributed by atoms with van der Waals surface area (Å²) >= 11 is 1.87. The van der Waals surface area contributed by atoms with E-state index in [1.165, 1.54) is 5.56 Å². The minimum absolute atomic E-state index is 0.566. The Hall–Kier alpha value is -0.470. The van der Waals surface area contributed by atoms with Crippen molar-refractivity contribution in [2.24, 2.45) is 0 Å². The first kappa shape index (κ1) is 7.19. The highest BCUT2D eigenvalue weighted by atomic mass is 32.2. The highest BCUT2D eigenvalue weighted by Crippen LogP contribution is 2.33. The van der Waals surface area contributed by atoms with Crippen LogP contribution in [0.5, 0.6) is 0 Å². The van der Waals surface area contributed by atoms with Crippen LogP contribution in [0.1, 0.15) is 10.8 Å². The van der Waals surface area contributed by atoms with Crippen molar-refractivity contribution in [1.82, 2.24) is 0 Å². The van der Waals surface area contributed by atoms with E-state index in [0.717, 1.165) is 12.5 Å². The molecule has 1 saturated heterocycles. The maximum Gasteiger partial charge on any atom is 0.0928 e. The van der Waals surface area contributed by atoms with Crippen LogP contribution >= 0.6 is 11.8 Å². The van der Waals surface area contributed by atoms with Gasteiger partial charge in [-0.05, 0) is 5.56 Å². The van der Waals surface area contributed by atoms with Crippen LogP contribution in [0.4, 0.5) is 0 Å². The monoisotopic (exact) mass is 166 g/mol. The summed E-state index contributed by atoms with van der Waals surface area (Å²) in [6, 6.07) is 10.5. The molecule has 1 aromatic carbocycles. The molecule has 0 spiro atoms. The molecule has 0 N–H and O–H groups in total. The second-order valence-electron chi connectivity index (χ2n) is 2.55. The zero-order chi connectivity index (χ0) is 7.52. The highest BCUT2D eigenvalue weighted by molar-refractivity contribution is 7.99. The maximum absolute atomic E-state index is 5.27. The van der Waals surface area contributed by atoms with E-state index in [0.29, 0.717) is 5.25 Å². The topological polar surface area (TPSA) is 9.23 Å².